The molecule has 0 aliphatic heterocycles. The first-order valence-electron chi connectivity index (χ1n) is 5.51. The number of hydrogen-bond donors (Lipinski definition) is 1. The summed E-state index contributed by atoms with van der Waals surface area (Å²) in [4.78, 5) is 6.37. The van der Waals surface area contributed by atoms with Gasteiger partial charge in [-0.3, -0.25) is 0 Å². The molecule has 4 nitrogen and oxygen atoms in total. The first kappa shape index (κ1) is 11.7. The van der Waals surface area contributed by atoms with Crippen LogP contribution in [0.5, 0.6) is 0 Å². The summed E-state index contributed by atoms with van der Waals surface area (Å²) in [7, 11) is 1.97. The van der Waals surface area contributed by atoms with E-state index in [-0.39, 0.29) is 6.61 Å². The number of aliphatic hydroxyl groups excluding tert-OH is 1. The zero-order chi connectivity index (χ0) is 12.3. The van der Waals surface area contributed by atoms with E-state index in [0.717, 1.165) is 23.7 Å². The van der Waals surface area contributed by atoms with Crippen molar-refractivity contribution in [2.75, 3.05) is 11.9 Å². The summed E-state index contributed by atoms with van der Waals surface area (Å²) in [5.41, 5.74) is 1.82. The third kappa shape index (κ3) is 2.65. The van der Waals surface area contributed by atoms with E-state index >= 15 is 0 Å². The maximum absolute atomic E-state index is 9.05. The van der Waals surface area contributed by atoms with E-state index in [2.05, 4.69) is 4.98 Å². The van der Waals surface area contributed by atoms with Crippen molar-refractivity contribution in [2.45, 2.75) is 20.1 Å². The molecule has 2 heterocycles. The van der Waals surface area contributed by atoms with Gasteiger partial charge in [0.25, 0.3) is 0 Å². The molecule has 90 valence electrons. The largest absolute Gasteiger partial charge is 0.469 e. The fraction of sp³-hybridized carbons (Fsp3) is 0.308. The standard InChI is InChI=1S/C13H16N2O2/c1-10-11(6-7-17-10)8-15(2)13-5-3-4-12(9-16)14-13/h3-7,16H,8-9H2,1-2H3. The zero-order valence-electron chi connectivity index (χ0n) is 10.1. The molecular formula is C13H16N2O2. The number of pyridine rings is 1. The summed E-state index contributed by atoms with van der Waals surface area (Å²) in [5, 5.41) is 9.05. The van der Waals surface area contributed by atoms with Gasteiger partial charge in [-0.2, -0.15) is 0 Å². The number of hydrogen-bond acceptors (Lipinski definition) is 4. The highest BCUT2D eigenvalue weighted by atomic mass is 16.3. The van der Waals surface area contributed by atoms with Gasteiger partial charge in [0.05, 0.1) is 18.6 Å². The van der Waals surface area contributed by atoms with Gasteiger partial charge >= 0.3 is 0 Å². The lowest BCUT2D eigenvalue weighted by Crippen LogP contribution is -2.18. The molecule has 0 spiro atoms. The first-order chi connectivity index (χ1) is 8.20. The molecule has 17 heavy (non-hydrogen) atoms. The van der Waals surface area contributed by atoms with Gasteiger partial charge in [-0.15, -0.1) is 0 Å². The molecule has 2 aromatic rings. The average Bonchev–Trinajstić information content (AvgIpc) is 2.75. The minimum Gasteiger partial charge on any atom is -0.469 e. The normalized spacial score (nSPS) is 10.5. The van der Waals surface area contributed by atoms with Gasteiger partial charge in [0.1, 0.15) is 11.6 Å². The molecule has 0 unspecified atom stereocenters. The fourth-order valence-corrected chi connectivity index (χ4v) is 1.68. The number of aliphatic hydroxyl groups is 1. The van der Waals surface area contributed by atoms with Crippen molar-refractivity contribution in [3.63, 3.8) is 0 Å². The third-order valence-electron chi connectivity index (χ3n) is 2.72. The Bertz CT molecular complexity index is 494. The molecular weight excluding hydrogens is 216 g/mol. The van der Waals surface area contributed by atoms with E-state index in [1.54, 1.807) is 12.3 Å². The van der Waals surface area contributed by atoms with Crippen molar-refractivity contribution >= 4 is 5.82 Å². The Kier molecular flexibility index (Phi) is 3.44. The van der Waals surface area contributed by atoms with Gasteiger partial charge in [0, 0.05) is 19.2 Å². The topological polar surface area (TPSA) is 49.5 Å². The second-order valence-corrected chi connectivity index (χ2v) is 4.00. The van der Waals surface area contributed by atoms with Crippen LogP contribution in [0, 0.1) is 6.92 Å². The average molecular weight is 232 g/mol. The van der Waals surface area contributed by atoms with Crippen LogP contribution in [0.1, 0.15) is 17.0 Å². The Labute approximate surface area is 101 Å². The quantitative estimate of drug-likeness (QED) is 0.877. The fourth-order valence-electron chi connectivity index (χ4n) is 1.68. The molecule has 1 N–H and O–H groups in total. The molecule has 2 rings (SSSR count). The SMILES string of the molecule is Cc1occc1CN(C)c1cccc(CO)n1. The van der Waals surface area contributed by atoms with Gasteiger partial charge in [0.2, 0.25) is 0 Å². The summed E-state index contributed by atoms with van der Waals surface area (Å²) in [6.45, 7) is 2.65. The number of aromatic nitrogens is 1. The molecule has 0 saturated heterocycles. The van der Waals surface area contributed by atoms with Gasteiger partial charge in [0.15, 0.2) is 0 Å². The van der Waals surface area contributed by atoms with Crippen molar-refractivity contribution in [2.24, 2.45) is 0 Å². The van der Waals surface area contributed by atoms with Crippen molar-refractivity contribution < 1.29 is 9.52 Å². The highest BCUT2D eigenvalue weighted by Crippen LogP contribution is 2.16. The van der Waals surface area contributed by atoms with Crippen LogP contribution >= 0.6 is 0 Å². The van der Waals surface area contributed by atoms with Gasteiger partial charge in [-0.25, -0.2) is 4.98 Å². The number of furan rings is 1. The van der Waals surface area contributed by atoms with Crippen LogP contribution in [0.25, 0.3) is 0 Å². The molecule has 0 radical (unpaired) electrons. The maximum Gasteiger partial charge on any atom is 0.128 e. The molecule has 4 heteroatoms. The summed E-state index contributed by atoms with van der Waals surface area (Å²) >= 11 is 0. The highest BCUT2D eigenvalue weighted by Gasteiger charge is 2.07. The van der Waals surface area contributed by atoms with Crippen LogP contribution in [0.2, 0.25) is 0 Å². The summed E-state index contributed by atoms with van der Waals surface area (Å²) in [6, 6.07) is 7.59. The number of nitrogens with zero attached hydrogens (tertiary/aromatic N) is 2. The van der Waals surface area contributed by atoms with Crippen LogP contribution in [-0.4, -0.2) is 17.1 Å². The van der Waals surface area contributed by atoms with Crippen LogP contribution < -0.4 is 4.90 Å². The van der Waals surface area contributed by atoms with Crippen LogP contribution in [0.3, 0.4) is 0 Å². The number of rotatable bonds is 4. The molecule has 2 aromatic heterocycles. The second-order valence-electron chi connectivity index (χ2n) is 4.00. The summed E-state index contributed by atoms with van der Waals surface area (Å²) in [6.07, 6.45) is 1.69. The summed E-state index contributed by atoms with van der Waals surface area (Å²) in [5.74, 6) is 1.77. The Morgan fingerprint density at radius 3 is 2.82 bits per heavy atom. The molecule has 0 saturated carbocycles. The lowest BCUT2D eigenvalue weighted by Gasteiger charge is -2.18. The van der Waals surface area contributed by atoms with E-state index in [4.69, 9.17) is 9.52 Å². The van der Waals surface area contributed by atoms with E-state index in [1.807, 2.05) is 37.1 Å². The second kappa shape index (κ2) is 5.01. The maximum atomic E-state index is 9.05. The van der Waals surface area contributed by atoms with Gasteiger partial charge in [-0.05, 0) is 25.1 Å². The molecule has 0 fully saturated rings. The van der Waals surface area contributed by atoms with Crippen molar-refractivity contribution in [3.8, 4) is 0 Å². The van der Waals surface area contributed by atoms with Gasteiger partial charge < -0.3 is 14.4 Å². The van der Waals surface area contributed by atoms with Crippen molar-refractivity contribution in [1.29, 1.82) is 0 Å². The predicted molar refractivity (Wildman–Crippen MR) is 65.7 cm³/mol. The smallest absolute Gasteiger partial charge is 0.128 e. The number of anilines is 1. The predicted octanol–water partition coefficient (Wildman–Crippen LogP) is 2.11. The first-order valence-corrected chi connectivity index (χ1v) is 5.51. The highest BCUT2D eigenvalue weighted by molar-refractivity contribution is 5.39. The van der Waals surface area contributed by atoms with E-state index in [1.165, 1.54) is 0 Å². The van der Waals surface area contributed by atoms with Crippen molar-refractivity contribution in [3.05, 3.63) is 47.5 Å². The van der Waals surface area contributed by atoms with E-state index < -0.39 is 0 Å². The molecule has 0 amide bonds. The zero-order valence-corrected chi connectivity index (χ0v) is 10.1. The van der Waals surface area contributed by atoms with Gasteiger partial charge in [-0.1, -0.05) is 6.07 Å². The van der Waals surface area contributed by atoms with Crippen molar-refractivity contribution in [1.82, 2.24) is 4.98 Å². The number of aryl methyl sites for hydroxylation is 1. The van der Waals surface area contributed by atoms with E-state index in [9.17, 15) is 0 Å². The minimum absolute atomic E-state index is 0.0353. The molecule has 0 bridgehead atoms. The minimum atomic E-state index is -0.0353. The lowest BCUT2D eigenvalue weighted by atomic mass is 10.2. The lowest BCUT2D eigenvalue weighted by molar-refractivity contribution is 0.277. The molecule has 0 atom stereocenters. The van der Waals surface area contributed by atoms with Crippen LogP contribution in [0.15, 0.2) is 34.9 Å². The van der Waals surface area contributed by atoms with E-state index in [0.29, 0.717) is 5.69 Å². The molecule has 0 aromatic carbocycles. The third-order valence-corrected chi connectivity index (χ3v) is 2.72. The Morgan fingerprint density at radius 1 is 1.35 bits per heavy atom. The van der Waals surface area contributed by atoms with Crippen LogP contribution in [-0.2, 0) is 13.2 Å². The Balaban J connectivity index is 2.14. The molecule has 0 aliphatic rings. The summed E-state index contributed by atoms with van der Waals surface area (Å²) < 4.78 is 5.26. The Hall–Kier alpha value is -1.81. The Morgan fingerprint density at radius 2 is 2.18 bits per heavy atom. The molecule has 0 aliphatic carbocycles. The monoisotopic (exact) mass is 232 g/mol. The van der Waals surface area contributed by atoms with Crippen LogP contribution in [0.4, 0.5) is 5.82 Å².